The van der Waals surface area contributed by atoms with Crippen molar-refractivity contribution in [2.75, 3.05) is 27.9 Å². The number of nitrogens with one attached hydrogen (secondary N) is 1. The maximum Gasteiger partial charge on any atom is 0.325 e. The third-order valence-corrected chi connectivity index (χ3v) is 5.15. The second-order valence-corrected chi connectivity index (χ2v) is 7.08. The zero-order chi connectivity index (χ0) is 23.4. The lowest BCUT2D eigenvalue weighted by Gasteiger charge is -2.13. The highest BCUT2D eigenvalue weighted by atomic mass is 16.5. The van der Waals surface area contributed by atoms with Crippen LogP contribution in [-0.4, -0.2) is 44.7 Å². The van der Waals surface area contributed by atoms with E-state index in [0.717, 1.165) is 16.2 Å². The molecule has 0 aliphatic carbocycles. The molecule has 4 aromatic rings. The summed E-state index contributed by atoms with van der Waals surface area (Å²) in [6.07, 6.45) is 1.66. The molecule has 3 aromatic carbocycles. The maximum absolute atomic E-state index is 12.5. The monoisotopic (exact) mass is 446 g/mol. The fourth-order valence-corrected chi connectivity index (χ4v) is 3.51. The molecule has 0 radical (unpaired) electrons. The predicted octanol–water partition coefficient (Wildman–Crippen LogP) is 4.10. The molecule has 0 aliphatic rings. The van der Waals surface area contributed by atoms with Gasteiger partial charge in [-0.3, -0.25) is 14.6 Å². The van der Waals surface area contributed by atoms with Crippen molar-refractivity contribution in [3.8, 4) is 23.0 Å². The van der Waals surface area contributed by atoms with E-state index in [9.17, 15) is 9.59 Å². The first-order valence-corrected chi connectivity index (χ1v) is 10.1. The van der Waals surface area contributed by atoms with Crippen molar-refractivity contribution >= 4 is 33.6 Å². The van der Waals surface area contributed by atoms with Gasteiger partial charge in [0.15, 0.2) is 11.5 Å². The molecule has 0 aliphatic heterocycles. The summed E-state index contributed by atoms with van der Waals surface area (Å²) in [5.41, 5.74) is 1.16. The van der Waals surface area contributed by atoms with Gasteiger partial charge in [-0.1, -0.05) is 12.1 Å². The average molecular weight is 446 g/mol. The van der Waals surface area contributed by atoms with Crippen LogP contribution in [0.2, 0.25) is 0 Å². The molecule has 0 unspecified atom stereocenters. The first-order valence-electron chi connectivity index (χ1n) is 10.1. The molecule has 168 valence electrons. The lowest BCUT2D eigenvalue weighted by atomic mass is 10.0. The Bertz CT molecular complexity index is 1350. The quantitative estimate of drug-likeness (QED) is 0.427. The van der Waals surface area contributed by atoms with Gasteiger partial charge in [0.1, 0.15) is 18.0 Å². The molecule has 0 spiro atoms. The first kappa shape index (κ1) is 21.9. The van der Waals surface area contributed by atoms with E-state index in [0.29, 0.717) is 34.1 Å². The van der Waals surface area contributed by atoms with Gasteiger partial charge < -0.3 is 24.3 Å². The van der Waals surface area contributed by atoms with Crippen LogP contribution >= 0.6 is 0 Å². The Morgan fingerprint density at radius 1 is 0.879 bits per heavy atom. The molecule has 0 atom stereocenters. The van der Waals surface area contributed by atoms with E-state index >= 15 is 0 Å². The van der Waals surface area contributed by atoms with E-state index in [1.165, 1.54) is 7.11 Å². The molecule has 33 heavy (non-hydrogen) atoms. The molecule has 0 saturated carbocycles. The number of rotatable bonds is 7. The van der Waals surface area contributed by atoms with Crippen molar-refractivity contribution in [3.63, 3.8) is 0 Å². The van der Waals surface area contributed by atoms with E-state index in [1.54, 1.807) is 50.7 Å². The molecular weight excluding hydrogens is 424 g/mol. The third-order valence-electron chi connectivity index (χ3n) is 5.15. The molecule has 4 rings (SSSR count). The van der Waals surface area contributed by atoms with E-state index in [-0.39, 0.29) is 12.5 Å². The van der Waals surface area contributed by atoms with Crippen LogP contribution in [0.5, 0.6) is 23.0 Å². The van der Waals surface area contributed by atoms with E-state index in [1.807, 2.05) is 24.3 Å². The van der Waals surface area contributed by atoms with Gasteiger partial charge in [-0.15, -0.1) is 0 Å². The van der Waals surface area contributed by atoms with Gasteiger partial charge in [-0.2, -0.15) is 0 Å². The number of amides is 1. The van der Waals surface area contributed by atoms with Crippen LogP contribution in [0.15, 0.2) is 60.8 Å². The van der Waals surface area contributed by atoms with Crippen molar-refractivity contribution in [1.29, 1.82) is 0 Å². The standard InChI is InChI=1S/C25H22N2O6/c1-30-22-12-19-20(13-23(22)31-2)26-10-9-21(19)33-16-7-8-17-15(11-16)5-4-6-18(17)25(29)27-14-24(28)32-3/h4-13H,14H2,1-3H3,(H,27,29). The third kappa shape index (κ3) is 4.50. The summed E-state index contributed by atoms with van der Waals surface area (Å²) >= 11 is 0. The van der Waals surface area contributed by atoms with Crippen molar-refractivity contribution < 1.29 is 28.5 Å². The Labute approximate surface area is 190 Å². The molecule has 1 heterocycles. The fourth-order valence-electron chi connectivity index (χ4n) is 3.51. The predicted molar refractivity (Wildman–Crippen MR) is 123 cm³/mol. The number of benzene rings is 3. The number of aromatic nitrogens is 1. The number of pyridine rings is 1. The van der Waals surface area contributed by atoms with E-state index < -0.39 is 5.97 Å². The minimum atomic E-state index is -0.516. The molecule has 8 heteroatoms. The van der Waals surface area contributed by atoms with Crippen molar-refractivity contribution in [1.82, 2.24) is 10.3 Å². The first-order chi connectivity index (χ1) is 16.0. The highest BCUT2D eigenvalue weighted by molar-refractivity contribution is 6.08. The van der Waals surface area contributed by atoms with Gasteiger partial charge in [0, 0.05) is 23.2 Å². The molecule has 1 amide bonds. The van der Waals surface area contributed by atoms with E-state index in [4.69, 9.17) is 14.2 Å². The number of esters is 1. The molecule has 0 saturated heterocycles. The number of hydrogen-bond acceptors (Lipinski definition) is 7. The van der Waals surface area contributed by atoms with E-state index in [2.05, 4.69) is 15.0 Å². The van der Waals surface area contributed by atoms with Crippen LogP contribution in [0, 0.1) is 0 Å². The number of fused-ring (bicyclic) bond motifs is 2. The summed E-state index contributed by atoms with van der Waals surface area (Å²) in [7, 11) is 4.42. The Kier molecular flexibility index (Phi) is 6.26. The number of carbonyl (C=O) groups excluding carboxylic acids is 2. The van der Waals surface area contributed by atoms with Crippen LogP contribution in [0.3, 0.4) is 0 Å². The molecule has 0 bridgehead atoms. The minimum Gasteiger partial charge on any atom is -0.493 e. The highest BCUT2D eigenvalue weighted by Crippen LogP contribution is 2.37. The zero-order valence-corrected chi connectivity index (χ0v) is 18.4. The average Bonchev–Trinajstić information content (AvgIpc) is 2.85. The molecule has 1 aromatic heterocycles. The number of hydrogen-bond donors (Lipinski definition) is 1. The van der Waals surface area contributed by atoms with Crippen molar-refractivity contribution in [3.05, 3.63) is 66.4 Å². The lowest BCUT2D eigenvalue weighted by molar-refractivity contribution is -0.139. The molecule has 1 N–H and O–H groups in total. The van der Waals surface area contributed by atoms with Gasteiger partial charge >= 0.3 is 5.97 Å². The van der Waals surface area contributed by atoms with Crippen LogP contribution in [0.1, 0.15) is 10.4 Å². The smallest absolute Gasteiger partial charge is 0.325 e. The molecule has 8 nitrogen and oxygen atoms in total. The zero-order valence-electron chi connectivity index (χ0n) is 18.4. The number of methoxy groups -OCH3 is 3. The van der Waals surface area contributed by atoms with Crippen LogP contribution in [0.4, 0.5) is 0 Å². The van der Waals surface area contributed by atoms with Gasteiger partial charge in [0.2, 0.25) is 0 Å². The Balaban J connectivity index is 1.66. The van der Waals surface area contributed by atoms with Crippen LogP contribution < -0.4 is 19.5 Å². The van der Waals surface area contributed by atoms with Gasteiger partial charge in [-0.25, -0.2) is 0 Å². The van der Waals surface area contributed by atoms with Gasteiger partial charge in [0.25, 0.3) is 5.91 Å². The van der Waals surface area contributed by atoms with Crippen LogP contribution in [0.25, 0.3) is 21.7 Å². The number of ether oxygens (including phenoxy) is 4. The summed E-state index contributed by atoms with van der Waals surface area (Å²) in [5.74, 6) is 1.48. The molecular formula is C25H22N2O6. The van der Waals surface area contributed by atoms with Crippen molar-refractivity contribution in [2.24, 2.45) is 0 Å². The number of carbonyl (C=O) groups is 2. The maximum atomic E-state index is 12.5. The van der Waals surface area contributed by atoms with Crippen LogP contribution in [-0.2, 0) is 9.53 Å². The van der Waals surface area contributed by atoms with Gasteiger partial charge in [0.05, 0.1) is 26.8 Å². The van der Waals surface area contributed by atoms with Crippen molar-refractivity contribution in [2.45, 2.75) is 0 Å². The summed E-state index contributed by atoms with van der Waals surface area (Å²) in [5, 5.41) is 4.88. The largest absolute Gasteiger partial charge is 0.493 e. The number of nitrogens with zero attached hydrogens (tertiary/aromatic N) is 1. The highest BCUT2D eigenvalue weighted by Gasteiger charge is 2.14. The summed E-state index contributed by atoms with van der Waals surface area (Å²) < 4.78 is 21.5. The summed E-state index contributed by atoms with van der Waals surface area (Å²) in [6.45, 7) is -0.198. The van der Waals surface area contributed by atoms with Gasteiger partial charge in [-0.05, 0) is 47.2 Å². The minimum absolute atomic E-state index is 0.198. The SMILES string of the molecule is COC(=O)CNC(=O)c1cccc2cc(Oc3ccnc4cc(OC)c(OC)cc34)ccc12. The Morgan fingerprint density at radius 3 is 2.42 bits per heavy atom. The fraction of sp³-hybridized carbons (Fsp3) is 0.160. The lowest BCUT2D eigenvalue weighted by Crippen LogP contribution is -2.30. The summed E-state index contributed by atoms with van der Waals surface area (Å²) in [6, 6.07) is 16.2. The second-order valence-electron chi connectivity index (χ2n) is 7.08. The Morgan fingerprint density at radius 2 is 1.67 bits per heavy atom. The summed E-state index contributed by atoms with van der Waals surface area (Å²) in [4.78, 5) is 28.3. The normalized spacial score (nSPS) is 10.6. The second kappa shape index (κ2) is 9.44. The molecule has 0 fully saturated rings. The Hall–Kier alpha value is -4.33. The topological polar surface area (TPSA) is 96.0 Å².